The van der Waals surface area contributed by atoms with Gasteiger partial charge in [0.2, 0.25) is 0 Å². The summed E-state index contributed by atoms with van der Waals surface area (Å²) in [6, 6.07) is 2.20. The fourth-order valence-corrected chi connectivity index (χ4v) is 2.60. The van der Waals surface area contributed by atoms with Gasteiger partial charge in [-0.15, -0.1) is 11.3 Å². The number of nitriles is 1. The zero-order valence-corrected chi connectivity index (χ0v) is 10.3. The van der Waals surface area contributed by atoms with Gasteiger partial charge in [-0.05, 0) is 19.9 Å². The molecule has 4 nitrogen and oxygen atoms in total. The van der Waals surface area contributed by atoms with Crippen LogP contribution >= 0.6 is 11.3 Å². The zero-order chi connectivity index (χ0) is 11.4. The van der Waals surface area contributed by atoms with E-state index in [9.17, 15) is 5.26 Å². The first kappa shape index (κ1) is 11.5. The Bertz CT molecular complexity index is 374. The number of hydrogen-bond donors (Lipinski definition) is 1. The number of aryl methyl sites for hydroxylation is 1. The molecule has 0 aromatic carbocycles. The predicted octanol–water partition coefficient (Wildman–Crippen LogP) is 1.31. The van der Waals surface area contributed by atoms with Crippen molar-refractivity contribution >= 4 is 11.3 Å². The van der Waals surface area contributed by atoms with Crippen molar-refractivity contribution in [1.29, 1.82) is 5.26 Å². The maximum atomic E-state index is 9.29. The number of thiazole rings is 1. The van der Waals surface area contributed by atoms with Crippen LogP contribution in [0.2, 0.25) is 0 Å². The largest absolute Gasteiger partial charge is 0.315 e. The molecule has 1 aromatic heterocycles. The molecule has 1 aliphatic heterocycles. The molecule has 2 rings (SSSR count). The number of rotatable bonds is 2. The molecule has 1 aromatic rings. The van der Waals surface area contributed by atoms with Crippen LogP contribution in [-0.2, 0) is 0 Å². The van der Waals surface area contributed by atoms with Gasteiger partial charge in [0.1, 0.15) is 6.04 Å². The molecule has 0 radical (unpaired) electrons. The molecule has 1 fully saturated rings. The Morgan fingerprint density at radius 1 is 1.56 bits per heavy atom. The second-order valence-electron chi connectivity index (χ2n) is 3.96. The minimum atomic E-state index is -0.176. The summed E-state index contributed by atoms with van der Waals surface area (Å²) in [4.78, 5) is 6.64. The van der Waals surface area contributed by atoms with Crippen molar-refractivity contribution < 1.29 is 0 Å². The van der Waals surface area contributed by atoms with E-state index >= 15 is 0 Å². The van der Waals surface area contributed by atoms with E-state index in [1.54, 1.807) is 11.3 Å². The fourth-order valence-electron chi connectivity index (χ4n) is 1.97. The van der Waals surface area contributed by atoms with Gasteiger partial charge in [-0.1, -0.05) is 0 Å². The van der Waals surface area contributed by atoms with Crippen molar-refractivity contribution in [3.8, 4) is 6.07 Å². The van der Waals surface area contributed by atoms with Crippen molar-refractivity contribution in [2.24, 2.45) is 0 Å². The summed E-state index contributed by atoms with van der Waals surface area (Å²) in [6.07, 6.45) is 1.10. The van der Waals surface area contributed by atoms with Gasteiger partial charge in [-0.3, -0.25) is 4.90 Å². The van der Waals surface area contributed by atoms with Crippen molar-refractivity contribution in [2.45, 2.75) is 19.4 Å². The highest BCUT2D eigenvalue weighted by atomic mass is 32.1. The Hall–Kier alpha value is -0.960. The van der Waals surface area contributed by atoms with E-state index in [0.29, 0.717) is 0 Å². The second-order valence-corrected chi connectivity index (χ2v) is 5.02. The highest BCUT2D eigenvalue weighted by Gasteiger charge is 2.22. The van der Waals surface area contributed by atoms with Gasteiger partial charge >= 0.3 is 0 Å². The molecule has 1 N–H and O–H groups in total. The van der Waals surface area contributed by atoms with Crippen molar-refractivity contribution in [1.82, 2.24) is 15.2 Å². The molecule has 0 bridgehead atoms. The van der Waals surface area contributed by atoms with E-state index < -0.39 is 0 Å². The van der Waals surface area contributed by atoms with Crippen LogP contribution in [0.5, 0.6) is 0 Å². The topological polar surface area (TPSA) is 52.0 Å². The molecule has 0 aliphatic carbocycles. The lowest BCUT2D eigenvalue weighted by molar-refractivity contribution is 0.249. The third-order valence-corrected chi connectivity index (χ3v) is 3.57. The summed E-state index contributed by atoms with van der Waals surface area (Å²) in [5.41, 5.74) is 0.909. The minimum absolute atomic E-state index is 0.176. The van der Waals surface area contributed by atoms with Gasteiger partial charge in [-0.2, -0.15) is 5.26 Å². The van der Waals surface area contributed by atoms with E-state index in [4.69, 9.17) is 0 Å². The Balaban J connectivity index is 2.12. The minimum Gasteiger partial charge on any atom is -0.315 e. The lowest BCUT2D eigenvalue weighted by atomic mass is 10.2. The van der Waals surface area contributed by atoms with Crippen LogP contribution in [0, 0.1) is 18.3 Å². The first-order chi connectivity index (χ1) is 7.81. The van der Waals surface area contributed by atoms with Crippen LogP contribution in [0.1, 0.15) is 23.2 Å². The monoisotopic (exact) mass is 236 g/mol. The molecule has 1 unspecified atom stereocenters. The molecular formula is C11H16N4S. The predicted molar refractivity (Wildman–Crippen MR) is 64.3 cm³/mol. The lowest BCUT2D eigenvalue weighted by Crippen LogP contribution is -2.31. The third-order valence-electron chi connectivity index (χ3n) is 2.78. The maximum absolute atomic E-state index is 9.29. The summed E-state index contributed by atoms with van der Waals surface area (Å²) in [5, 5.41) is 15.7. The van der Waals surface area contributed by atoms with E-state index in [-0.39, 0.29) is 6.04 Å². The molecule has 1 saturated heterocycles. The summed E-state index contributed by atoms with van der Waals surface area (Å²) in [6.45, 7) is 5.88. The van der Waals surface area contributed by atoms with Gasteiger partial charge in [0.05, 0.1) is 16.8 Å². The third kappa shape index (κ3) is 2.59. The Morgan fingerprint density at radius 3 is 3.12 bits per heavy atom. The van der Waals surface area contributed by atoms with Gasteiger partial charge < -0.3 is 5.32 Å². The van der Waals surface area contributed by atoms with E-state index in [2.05, 4.69) is 21.3 Å². The lowest BCUT2D eigenvalue weighted by Gasteiger charge is -2.23. The molecule has 1 aliphatic rings. The standard InChI is InChI=1S/C11H16N4S/c1-9-14-10(8-16-9)11(7-12)15-5-2-3-13-4-6-15/h8,11,13H,2-6H2,1H3. The maximum Gasteiger partial charge on any atom is 0.141 e. The normalized spacial score (nSPS) is 20.0. The van der Waals surface area contributed by atoms with Crippen LogP contribution in [0.3, 0.4) is 0 Å². The van der Waals surface area contributed by atoms with Gasteiger partial charge in [0.15, 0.2) is 0 Å². The van der Waals surface area contributed by atoms with Crippen molar-refractivity contribution in [2.75, 3.05) is 26.2 Å². The molecule has 0 amide bonds. The molecule has 16 heavy (non-hydrogen) atoms. The van der Waals surface area contributed by atoms with Crippen LogP contribution in [0.25, 0.3) is 0 Å². The molecule has 1 atom stereocenters. The smallest absolute Gasteiger partial charge is 0.141 e. The molecule has 0 saturated carbocycles. The number of aromatic nitrogens is 1. The average molecular weight is 236 g/mol. The number of hydrogen-bond acceptors (Lipinski definition) is 5. The van der Waals surface area contributed by atoms with E-state index in [1.807, 2.05) is 12.3 Å². The summed E-state index contributed by atoms with van der Waals surface area (Å²) < 4.78 is 0. The van der Waals surface area contributed by atoms with Gasteiger partial charge in [0.25, 0.3) is 0 Å². The summed E-state index contributed by atoms with van der Waals surface area (Å²) in [7, 11) is 0. The van der Waals surface area contributed by atoms with Gasteiger partial charge in [-0.25, -0.2) is 4.98 Å². The fraction of sp³-hybridized carbons (Fsp3) is 0.636. The SMILES string of the molecule is Cc1nc(C(C#N)N2CCCNCC2)cs1. The average Bonchev–Trinajstić information content (AvgIpc) is 2.55. The van der Waals surface area contributed by atoms with Crippen molar-refractivity contribution in [3.63, 3.8) is 0 Å². The second kappa shape index (κ2) is 5.39. The molecule has 5 heteroatoms. The molecule has 0 spiro atoms. The Morgan fingerprint density at radius 2 is 2.44 bits per heavy atom. The summed E-state index contributed by atoms with van der Waals surface area (Å²) in [5.74, 6) is 0. The highest BCUT2D eigenvalue weighted by molar-refractivity contribution is 7.09. The quantitative estimate of drug-likeness (QED) is 0.841. The number of nitrogens with zero attached hydrogens (tertiary/aromatic N) is 3. The summed E-state index contributed by atoms with van der Waals surface area (Å²) >= 11 is 1.61. The zero-order valence-electron chi connectivity index (χ0n) is 9.44. The highest BCUT2D eigenvalue weighted by Crippen LogP contribution is 2.22. The van der Waals surface area contributed by atoms with Crippen molar-refractivity contribution in [3.05, 3.63) is 16.1 Å². The first-order valence-electron chi connectivity index (χ1n) is 5.57. The van der Waals surface area contributed by atoms with Crippen LogP contribution in [-0.4, -0.2) is 36.1 Å². The van der Waals surface area contributed by atoms with Crippen LogP contribution in [0.4, 0.5) is 0 Å². The molecular weight excluding hydrogens is 220 g/mol. The van der Waals surface area contributed by atoms with Crippen LogP contribution < -0.4 is 5.32 Å². The number of nitrogens with one attached hydrogen (secondary N) is 1. The Labute approximate surface area is 99.9 Å². The molecule has 2 heterocycles. The first-order valence-corrected chi connectivity index (χ1v) is 6.45. The van der Waals surface area contributed by atoms with E-state index in [1.165, 1.54) is 0 Å². The molecule has 86 valence electrons. The Kier molecular flexibility index (Phi) is 3.88. The van der Waals surface area contributed by atoms with Crippen LogP contribution in [0.15, 0.2) is 5.38 Å². The van der Waals surface area contributed by atoms with E-state index in [0.717, 1.165) is 43.3 Å². The van der Waals surface area contributed by atoms with Gasteiger partial charge in [0, 0.05) is 25.0 Å².